The van der Waals surface area contributed by atoms with Gasteiger partial charge in [0, 0.05) is 0 Å². The van der Waals surface area contributed by atoms with Crippen LogP contribution in [0.4, 0.5) is 0 Å². The fraction of sp³-hybridized carbons (Fsp3) is 0.929. The number of hydrogen-bond acceptors (Lipinski definition) is 2. The number of aliphatic carboxylic acids is 1. The van der Waals surface area contributed by atoms with E-state index in [1.807, 2.05) is 0 Å². The fourth-order valence-electron chi connectivity index (χ4n) is 4.09. The Labute approximate surface area is 104 Å². The van der Waals surface area contributed by atoms with Gasteiger partial charge in [0.15, 0.2) is 0 Å². The van der Waals surface area contributed by atoms with Crippen LogP contribution < -0.4 is 0 Å². The number of carboxylic acid groups (broad SMARTS) is 1. The summed E-state index contributed by atoms with van der Waals surface area (Å²) in [7, 11) is 0. The molecule has 0 aromatic carbocycles. The molecule has 98 valence electrons. The van der Waals surface area contributed by atoms with Crippen LogP contribution in [0.3, 0.4) is 0 Å². The zero-order valence-corrected chi connectivity index (χ0v) is 11.3. The minimum atomic E-state index is -0.873. The van der Waals surface area contributed by atoms with Gasteiger partial charge in [-0.15, -0.1) is 0 Å². The molecule has 2 saturated carbocycles. The van der Waals surface area contributed by atoms with Crippen molar-refractivity contribution in [2.24, 2.45) is 29.6 Å². The zero-order valence-electron chi connectivity index (χ0n) is 11.3. The Kier molecular flexibility index (Phi) is 3.23. The van der Waals surface area contributed by atoms with Gasteiger partial charge in [0.1, 0.15) is 6.61 Å². The van der Waals surface area contributed by atoms with Crippen molar-refractivity contribution in [3.63, 3.8) is 0 Å². The predicted molar refractivity (Wildman–Crippen MR) is 65.7 cm³/mol. The van der Waals surface area contributed by atoms with E-state index >= 15 is 0 Å². The van der Waals surface area contributed by atoms with Gasteiger partial charge in [0.05, 0.1) is 5.60 Å². The SMILES string of the molecule is CC1C2CC(C(C(C)(C)OCC(=O)O)C2)[C@H]1C. The van der Waals surface area contributed by atoms with E-state index in [1.54, 1.807) is 0 Å². The molecule has 3 nitrogen and oxygen atoms in total. The van der Waals surface area contributed by atoms with E-state index in [4.69, 9.17) is 9.84 Å². The van der Waals surface area contributed by atoms with Gasteiger partial charge in [-0.1, -0.05) is 13.8 Å². The van der Waals surface area contributed by atoms with Gasteiger partial charge in [0.25, 0.3) is 0 Å². The minimum Gasteiger partial charge on any atom is -0.480 e. The second-order valence-electron chi connectivity index (χ2n) is 6.51. The number of fused-ring (bicyclic) bond motifs is 2. The Bertz CT molecular complexity index is 309. The summed E-state index contributed by atoms with van der Waals surface area (Å²) < 4.78 is 5.61. The van der Waals surface area contributed by atoms with Gasteiger partial charge in [-0.25, -0.2) is 4.79 Å². The average Bonchev–Trinajstić information content (AvgIpc) is 2.78. The summed E-state index contributed by atoms with van der Waals surface area (Å²) in [5, 5.41) is 8.72. The molecule has 2 bridgehead atoms. The van der Waals surface area contributed by atoms with Crippen molar-refractivity contribution in [2.75, 3.05) is 6.61 Å². The van der Waals surface area contributed by atoms with E-state index in [9.17, 15) is 4.79 Å². The smallest absolute Gasteiger partial charge is 0.329 e. The lowest BCUT2D eigenvalue weighted by Gasteiger charge is -2.41. The highest BCUT2D eigenvalue weighted by molar-refractivity contribution is 5.68. The molecule has 2 rings (SSSR count). The molecule has 0 aromatic rings. The lowest BCUT2D eigenvalue weighted by atomic mass is 9.70. The Morgan fingerprint density at radius 3 is 2.41 bits per heavy atom. The largest absolute Gasteiger partial charge is 0.480 e. The van der Waals surface area contributed by atoms with Gasteiger partial charge in [0.2, 0.25) is 0 Å². The monoisotopic (exact) mass is 240 g/mol. The third-order valence-electron chi connectivity index (χ3n) is 5.36. The Balaban J connectivity index is 2.02. The molecule has 0 aliphatic heterocycles. The summed E-state index contributed by atoms with van der Waals surface area (Å²) in [6, 6.07) is 0. The van der Waals surface area contributed by atoms with Crippen molar-refractivity contribution in [1.29, 1.82) is 0 Å². The van der Waals surface area contributed by atoms with Crippen LogP contribution in [0.1, 0.15) is 40.5 Å². The average molecular weight is 240 g/mol. The van der Waals surface area contributed by atoms with E-state index in [2.05, 4.69) is 27.7 Å². The molecule has 0 heterocycles. The quantitative estimate of drug-likeness (QED) is 0.822. The van der Waals surface area contributed by atoms with Crippen LogP contribution in [0.15, 0.2) is 0 Å². The highest BCUT2D eigenvalue weighted by Gasteiger charge is 2.53. The maximum Gasteiger partial charge on any atom is 0.329 e. The van der Waals surface area contributed by atoms with Gasteiger partial charge in [-0.3, -0.25) is 0 Å². The van der Waals surface area contributed by atoms with E-state index in [0.717, 1.165) is 23.7 Å². The summed E-state index contributed by atoms with van der Waals surface area (Å²) in [5.74, 6) is 2.78. The van der Waals surface area contributed by atoms with E-state index in [-0.39, 0.29) is 12.2 Å². The van der Waals surface area contributed by atoms with Crippen LogP contribution >= 0.6 is 0 Å². The topological polar surface area (TPSA) is 46.5 Å². The van der Waals surface area contributed by atoms with E-state index in [0.29, 0.717) is 5.92 Å². The van der Waals surface area contributed by atoms with Crippen LogP contribution in [0, 0.1) is 29.6 Å². The third kappa shape index (κ3) is 2.22. The van der Waals surface area contributed by atoms with Crippen molar-refractivity contribution in [3.05, 3.63) is 0 Å². The van der Waals surface area contributed by atoms with Crippen LogP contribution in [-0.2, 0) is 9.53 Å². The second kappa shape index (κ2) is 4.27. The molecule has 4 unspecified atom stereocenters. The van der Waals surface area contributed by atoms with Gasteiger partial charge in [-0.05, 0) is 56.3 Å². The molecule has 2 fully saturated rings. The molecule has 0 radical (unpaired) electrons. The number of ether oxygens (including phenoxy) is 1. The first-order chi connectivity index (χ1) is 7.83. The molecule has 0 aromatic heterocycles. The number of carbonyl (C=O) groups is 1. The highest BCUT2D eigenvalue weighted by atomic mass is 16.5. The van der Waals surface area contributed by atoms with Crippen molar-refractivity contribution in [3.8, 4) is 0 Å². The molecular weight excluding hydrogens is 216 g/mol. The maximum absolute atomic E-state index is 10.6. The molecule has 17 heavy (non-hydrogen) atoms. The minimum absolute atomic E-state index is 0.176. The third-order valence-corrected chi connectivity index (χ3v) is 5.36. The first-order valence-electron chi connectivity index (χ1n) is 6.68. The zero-order chi connectivity index (χ0) is 12.8. The molecule has 1 N–H and O–H groups in total. The van der Waals surface area contributed by atoms with E-state index < -0.39 is 5.97 Å². The number of hydrogen-bond donors (Lipinski definition) is 1. The molecule has 5 atom stereocenters. The van der Waals surface area contributed by atoms with Gasteiger partial charge < -0.3 is 9.84 Å². The molecule has 2 aliphatic carbocycles. The summed E-state index contributed by atoms with van der Waals surface area (Å²) in [6.45, 7) is 8.63. The molecule has 0 spiro atoms. The van der Waals surface area contributed by atoms with Gasteiger partial charge >= 0.3 is 5.97 Å². The van der Waals surface area contributed by atoms with Crippen molar-refractivity contribution < 1.29 is 14.6 Å². The summed E-state index contributed by atoms with van der Waals surface area (Å²) in [6.07, 6.45) is 2.52. The Morgan fingerprint density at radius 2 is 1.94 bits per heavy atom. The summed E-state index contributed by atoms with van der Waals surface area (Å²) in [4.78, 5) is 10.6. The molecule has 2 aliphatic rings. The normalized spacial score (nSPS) is 40.8. The Hall–Kier alpha value is -0.570. The molecule has 0 saturated heterocycles. The predicted octanol–water partition coefficient (Wildman–Crippen LogP) is 2.79. The molecule has 3 heteroatoms. The van der Waals surface area contributed by atoms with Crippen LogP contribution in [0.25, 0.3) is 0 Å². The van der Waals surface area contributed by atoms with Crippen LogP contribution in [-0.4, -0.2) is 23.3 Å². The number of rotatable bonds is 4. The fourth-order valence-corrected chi connectivity index (χ4v) is 4.09. The lowest BCUT2D eigenvalue weighted by molar-refractivity contribution is -0.153. The summed E-state index contributed by atoms with van der Waals surface area (Å²) in [5.41, 5.74) is -0.299. The van der Waals surface area contributed by atoms with E-state index in [1.165, 1.54) is 12.8 Å². The van der Waals surface area contributed by atoms with Crippen LogP contribution in [0.2, 0.25) is 0 Å². The van der Waals surface area contributed by atoms with Crippen molar-refractivity contribution in [2.45, 2.75) is 46.1 Å². The van der Waals surface area contributed by atoms with Gasteiger partial charge in [-0.2, -0.15) is 0 Å². The first-order valence-corrected chi connectivity index (χ1v) is 6.68. The molecular formula is C14H24O3. The first kappa shape index (κ1) is 12.9. The Morgan fingerprint density at radius 1 is 1.29 bits per heavy atom. The summed E-state index contributed by atoms with van der Waals surface area (Å²) >= 11 is 0. The van der Waals surface area contributed by atoms with Crippen molar-refractivity contribution in [1.82, 2.24) is 0 Å². The standard InChI is InChI=1S/C14H24O3/c1-8-9(2)11-5-10(8)6-12(11)14(3,4)17-7-13(15)16/h8-12H,5-7H2,1-4H3,(H,15,16)/t8?,9-,10?,11?,12?/m0/s1. The molecule has 0 amide bonds. The van der Waals surface area contributed by atoms with Crippen LogP contribution in [0.5, 0.6) is 0 Å². The van der Waals surface area contributed by atoms with Crippen molar-refractivity contribution >= 4 is 5.97 Å². The lowest BCUT2D eigenvalue weighted by Crippen LogP contribution is -2.42. The second-order valence-corrected chi connectivity index (χ2v) is 6.51. The maximum atomic E-state index is 10.6. The highest BCUT2D eigenvalue weighted by Crippen LogP contribution is 2.58. The number of carboxylic acids is 1.